The summed E-state index contributed by atoms with van der Waals surface area (Å²) in [7, 11) is 0. The van der Waals surface area contributed by atoms with Gasteiger partial charge >= 0.3 is 0 Å². The van der Waals surface area contributed by atoms with E-state index in [2.05, 4.69) is 43.0 Å². The Morgan fingerprint density at radius 1 is 1.24 bits per heavy atom. The highest BCUT2D eigenvalue weighted by Crippen LogP contribution is 2.18. The Morgan fingerprint density at radius 2 is 1.94 bits per heavy atom. The largest absolute Gasteiger partial charge is 0.327 e. The molecule has 1 aliphatic rings. The van der Waals surface area contributed by atoms with Crippen molar-refractivity contribution in [2.75, 3.05) is 13.1 Å². The van der Waals surface area contributed by atoms with Crippen LogP contribution in [0.3, 0.4) is 0 Å². The molecule has 2 rings (SSSR count). The number of hydrogen-bond acceptors (Lipinski definition) is 2. The van der Waals surface area contributed by atoms with Gasteiger partial charge in [0.15, 0.2) is 0 Å². The standard InChI is InChI=1S/C15H24N2/c1-12(2)15(16)8-10-17-9-7-13-5-3-4-6-14(13)11-17/h3-6,12,15H,7-11,16H2,1-2H3/t15-/m1/s1. The third-order valence-electron chi connectivity index (χ3n) is 3.84. The van der Waals surface area contributed by atoms with E-state index >= 15 is 0 Å². The Bertz CT molecular complexity index is 360. The molecule has 2 N–H and O–H groups in total. The fraction of sp³-hybridized carbons (Fsp3) is 0.600. The van der Waals surface area contributed by atoms with Gasteiger partial charge < -0.3 is 5.73 Å². The van der Waals surface area contributed by atoms with E-state index < -0.39 is 0 Å². The highest BCUT2D eigenvalue weighted by Gasteiger charge is 2.16. The Hall–Kier alpha value is -0.860. The summed E-state index contributed by atoms with van der Waals surface area (Å²) in [6.07, 6.45) is 2.30. The van der Waals surface area contributed by atoms with Crippen LogP contribution in [0.25, 0.3) is 0 Å². The van der Waals surface area contributed by atoms with Crippen molar-refractivity contribution in [1.29, 1.82) is 0 Å². The molecule has 17 heavy (non-hydrogen) atoms. The quantitative estimate of drug-likeness (QED) is 0.864. The van der Waals surface area contributed by atoms with Gasteiger partial charge in [-0.2, -0.15) is 0 Å². The van der Waals surface area contributed by atoms with E-state index in [-0.39, 0.29) is 0 Å². The molecule has 0 saturated carbocycles. The van der Waals surface area contributed by atoms with E-state index in [1.807, 2.05) is 0 Å². The molecule has 0 aliphatic carbocycles. The first-order valence-electron chi connectivity index (χ1n) is 6.71. The molecule has 0 bridgehead atoms. The van der Waals surface area contributed by atoms with E-state index in [0.29, 0.717) is 12.0 Å². The number of benzene rings is 1. The molecule has 0 unspecified atom stereocenters. The predicted molar refractivity (Wildman–Crippen MR) is 72.9 cm³/mol. The van der Waals surface area contributed by atoms with Crippen LogP contribution in [0.4, 0.5) is 0 Å². The highest BCUT2D eigenvalue weighted by molar-refractivity contribution is 5.28. The Morgan fingerprint density at radius 3 is 2.65 bits per heavy atom. The van der Waals surface area contributed by atoms with Gasteiger partial charge in [0.1, 0.15) is 0 Å². The maximum absolute atomic E-state index is 6.10. The fourth-order valence-corrected chi connectivity index (χ4v) is 2.41. The zero-order chi connectivity index (χ0) is 12.3. The molecule has 2 nitrogen and oxygen atoms in total. The first kappa shape index (κ1) is 12.6. The lowest BCUT2D eigenvalue weighted by Crippen LogP contribution is -2.36. The van der Waals surface area contributed by atoms with Gasteiger partial charge in [0, 0.05) is 19.1 Å². The Kier molecular flexibility index (Phi) is 4.19. The molecule has 1 heterocycles. The molecular formula is C15H24N2. The lowest BCUT2D eigenvalue weighted by Gasteiger charge is -2.30. The normalized spacial score (nSPS) is 18.1. The van der Waals surface area contributed by atoms with Crippen molar-refractivity contribution >= 4 is 0 Å². The van der Waals surface area contributed by atoms with Crippen molar-refractivity contribution < 1.29 is 0 Å². The van der Waals surface area contributed by atoms with Crippen molar-refractivity contribution in [1.82, 2.24) is 4.90 Å². The fourth-order valence-electron chi connectivity index (χ4n) is 2.41. The van der Waals surface area contributed by atoms with Crippen LogP contribution in [0.1, 0.15) is 31.4 Å². The summed E-state index contributed by atoms with van der Waals surface area (Å²) in [5.41, 5.74) is 9.12. The summed E-state index contributed by atoms with van der Waals surface area (Å²) in [4.78, 5) is 2.53. The molecule has 94 valence electrons. The van der Waals surface area contributed by atoms with Crippen molar-refractivity contribution in [3.05, 3.63) is 35.4 Å². The molecule has 0 radical (unpaired) electrons. The van der Waals surface area contributed by atoms with E-state index in [1.165, 1.54) is 24.1 Å². The van der Waals surface area contributed by atoms with Gasteiger partial charge in [-0.3, -0.25) is 4.90 Å². The summed E-state index contributed by atoms with van der Waals surface area (Å²) in [5, 5.41) is 0. The third kappa shape index (κ3) is 3.30. The van der Waals surface area contributed by atoms with Crippen LogP contribution in [0.5, 0.6) is 0 Å². The molecule has 0 saturated heterocycles. The van der Waals surface area contributed by atoms with Crippen LogP contribution >= 0.6 is 0 Å². The number of nitrogens with zero attached hydrogens (tertiary/aromatic N) is 1. The topological polar surface area (TPSA) is 29.3 Å². The van der Waals surface area contributed by atoms with Crippen LogP contribution in [0, 0.1) is 5.92 Å². The third-order valence-corrected chi connectivity index (χ3v) is 3.84. The first-order valence-corrected chi connectivity index (χ1v) is 6.71. The summed E-state index contributed by atoms with van der Waals surface area (Å²) >= 11 is 0. The zero-order valence-corrected chi connectivity index (χ0v) is 11.0. The molecule has 1 aromatic carbocycles. The van der Waals surface area contributed by atoms with E-state index in [1.54, 1.807) is 0 Å². The second-order valence-corrected chi connectivity index (χ2v) is 5.49. The maximum Gasteiger partial charge on any atom is 0.0236 e. The van der Waals surface area contributed by atoms with Crippen molar-refractivity contribution in [2.45, 2.75) is 39.3 Å². The van der Waals surface area contributed by atoms with E-state index in [0.717, 1.165) is 19.5 Å². The molecule has 1 aromatic rings. The number of hydrogen-bond donors (Lipinski definition) is 1. The first-order chi connectivity index (χ1) is 8.16. The van der Waals surface area contributed by atoms with Gasteiger partial charge in [-0.1, -0.05) is 38.1 Å². The highest BCUT2D eigenvalue weighted by atomic mass is 15.1. The molecule has 1 aliphatic heterocycles. The number of fused-ring (bicyclic) bond motifs is 1. The summed E-state index contributed by atoms with van der Waals surface area (Å²) in [6.45, 7) is 7.82. The maximum atomic E-state index is 6.10. The summed E-state index contributed by atoms with van der Waals surface area (Å²) in [5.74, 6) is 0.590. The smallest absolute Gasteiger partial charge is 0.0236 e. The van der Waals surface area contributed by atoms with E-state index in [9.17, 15) is 0 Å². The summed E-state index contributed by atoms with van der Waals surface area (Å²) in [6, 6.07) is 9.13. The minimum absolute atomic E-state index is 0.340. The molecule has 1 atom stereocenters. The average molecular weight is 232 g/mol. The van der Waals surface area contributed by atoms with Crippen LogP contribution in [-0.4, -0.2) is 24.0 Å². The van der Waals surface area contributed by atoms with Gasteiger partial charge in [-0.05, 0) is 36.4 Å². The molecule has 2 heteroatoms. The lowest BCUT2D eigenvalue weighted by atomic mass is 9.98. The Labute approximate surface area is 105 Å². The van der Waals surface area contributed by atoms with Crippen LogP contribution in [-0.2, 0) is 13.0 Å². The van der Waals surface area contributed by atoms with Gasteiger partial charge in [0.05, 0.1) is 0 Å². The Balaban J connectivity index is 1.86. The average Bonchev–Trinajstić information content (AvgIpc) is 2.35. The zero-order valence-electron chi connectivity index (χ0n) is 11.0. The van der Waals surface area contributed by atoms with Crippen LogP contribution in [0.2, 0.25) is 0 Å². The van der Waals surface area contributed by atoms with Gasteiger partial charge in [0.2, 0.25) is 0 Å². The van der Waals surface area contributed by atoms with Crippen LogP contribution < -0.4 is 5.73 Å². The van der Waals surface area contributed by atoms with Crippen molar-refractivity contribution in [3.63, 3.8) is 0 Å². The molecule has 0 amide bonds. The monoisotopic (exact) mass is 232 g/mol. The van der Waals surface area contributed by atoms with Crippen molar-refractivity contribution in [3.8, 4) is 0 Å². The molecular weight excluding hydrogens is 208 g/mol. The van der Waals surface area contributed by atoms with Gasteiger partial charge in [-0.15, -0.1) is 0 Å². The lowest BCUT2D eigenvalue weighted by molar-refractivity contribution is 0.237. The summed E-state index contributed by atoms with van der Waals surface area (Å²) < 4.78 is 0. The predicted octanol–water partition coefficient (Wildman–Crippen LogP) is 2.42. The van der Waals surface area contributed by atoms with E-state index in [4.69, 9.17) is 5.73 Å². The number of rotatable bonds is 4. The molecule has 0 aromatic heterocycles. The molecule has 0 fully saturated rings. The minimum Gasteiger partial charge on any atom is -0.327 e. The van der Waals surface area contributed by atoms with Crippen molar-refractivity contribution in [2.24, 2.45) is 11.7 Å². The van der Waals surface area contributed by atoms with Crippen LogP contribution in [0.15, 0.2) is 24.3 Å². The SMILES string of the molecule is CC(C)[C@H](N)CCN1CCc2ccccc2C1. The second kappa shape index (κ2) is 5.65. The second-order valence-electron chi connectivity index (χ2n) is 5.49. The minimum atomic E-state index is 0.340. The molecule has 0 spiro atoms. The number of nitrogens with two attached hydrogens (primary N) is 1. The van der Waals surface area contributed by atoms with Gasteiger partial charge in [0.25, 0.3) is 0 Å². The van der Waals surface area contributed by atoms with Gasteiger partial charge in [-0.25, -0.2) is 0 Å².